The van der Waals surface area contributed by atoms with Gasteiger partial charge in [0.1, 0.15) is 4.92 Å². The number of amides is 1. The summed E-state index contributed by atoms with van der Waals surface area (Å²) in [5.41, 5.74) is 0. The molecule has 1 amide bonds. The minimum Gasteiger partial charge on any atom is -0.395 e. The molecule has 2 aliphatic heterocycles. The van der Waals surface area contributed by atoms with Gasteiger partial charge in [0.05, 0.1) is 6.07 Å². The van der Waals surface area contributed by atoms with Crippen molar-refractivity contribution in [1.29, 1.82) is 0 Å². The van der Waals surface area contributed by atoms with Crippen LogP contribution < -0.4 is 9.80 Å². The number of nitro groups is 1. The quantitative estimate of drug-likeness (QED) is 0.579. The molecule has 0 aliphatic carbocycles. The highest BCUT2D eigenvalue weighted by atomic mass is 16.6. The molecule has 2 aromatic heterocycles. The summed E-state index contributed by atoms with van der Waals surface area (Å²) in [6.45, 7) is 4.27. The largest absolute Gasteiger partial charge is 0.433 e. The van der Waals surface area contributed by atoms with E-state index in [1.807, 2.05) is 12.1 Å². The van der Waals surface area contributed by atoms with Crippen LogP contribution in [0.4, 0.5) is 17.5 Å². The second-order valence-electron chi connectivity index (χ2n) is 6.97. The highest BCUT2D eigenvalue weighted by molar-refractivity contribution is 5.92. The van der Waals surface area contributed by atoms with E-state index in [1.54, 1.807) is 4.90 Å². The summed E-state index contributed by atoms with van der Waals surface area (Å²) < 4.78 is 5.01. The van der Waals surface area contributed by atoms with Gasteiger partial charge in [0, 0.05) is 39.3 Å². The predicted octanol–water partition coefficient (Wildman–Crippen LogP) is 1.93. The average molecular weight is 386 g/mol. The zero-order valence-corrected chi connectivity index (χ0v) is 15.5. The summed E-state index contributed by atoms with van der Waals surface area (Å²) in [4.78, 5) is 28.5. The van der Waals surface area contributed by atoms with Crippen molar-refractivity contribution in [3.8, 4) is 0 Å². The van der Waals surface area contributed by atoms with E-state index in [2.05, 4.69) is 20.0 Å². The van der Waals surface area contributed by atoms with Gasteiger partial charge in [-0.1, -0.05) is 0 Å². The number of piperidine rings is 1. The summed E-state index contributed by atoms with van der Waals surface area (Å²) in [5, 5.41) is 19.4. The molecule has 10 heteroatoms. The Morgan fingerprint density at radius 3 is 2.04 bits per heavy atom. The lowest BCUT2D eigenvalue weighted by Crippen LogP contribution is -2.49. The number of anilines is 2. The van der Waals surface area contributed by atoms with Crippen LogP contribution in [0, 0.1) is 10.1 Å². The monoisotopic (exact) mass is 386 g/mol. The van der Waals surface area contributed by atoms with Crippen molar-refractivity contribution in [1.82, 2.24) is 15.1 Å². The number of furan rings is 1. The van der Waals surface area contributed by atoms with Gasteiger partial charge in [-0.2, -0.15) is 0 Å². The molecule has 0 unspecified atom stereocenters. The Labute approximate surface area is 161 Å². The van der Waals surface area contributed by atoms with Crippen molar-refractivity contribution in [2.75, 3.05) is 49.1 Å². The van der Waals surface area contributed by atoms with Crippen LogP contribution >= 0.6 is 0 Å². The van der Waals surface area contributed by atoms with Crippen molar-refractivity contribution in [2.24, 2.45) is 0 Å². The number of hydrogen-bond donors (Lipinski definition) is 0. The zero-order chi connectivity index (χ0) is 19.5. The Morgan fingerprint density at radius 1 is 0.893 bits per heavy atom. The summed E-state index contributed by atoms with van der Waals surface area (Å²) >= 11 is 0. The number of carbonyl (C=O) groups is 1. The van der Waals surface area contributed by atoms with Crippen LogP contribution in [0.5, 0.6) is 0 Å². The molecule has 0 atom stereocenters. The van der Waals surface area contributed by atoms with Crippen LogP contribution in [0.25, 0.3) is 0 Å². The molecule has 2 saturated heterocycles. The van der Waals surface area contributed by atoms with Gasteiger partial charge in [-0.05, 0) is 37.5 Å². The number of piperazine rings is 1. The molecule has 0 bridgehead atoms. The first-order valence-corrected chi connectivity index (χ1v) is 9.49. The molecule has 0 aromatic carbocycles. The Bertz CT molecular complexity index is 838. The SMILES string of the molecule is O=C(c1ccc([N+](=O)[O-])o1)N1CCN(c2ccc(N3CCCCC3)nn2)CC1. The van der Waals surface area contributed by atoms with Gasteiger partial charge < -0.3 is 19.1 Å². The van der Waals surface area contributed by atoms with Gasteiger partial charge in [0.2, 0.25) is 0 Å². The fourth-order valence-corrected chi connectivity index (χ4v) is 3.61. The topological polar surface area (TPSA) is 109 Å². The molecular weight excluding hydrogens is 364 g/mol. The van der Waals surface area contributed by atoms with Crippen molar-refractivity contribution in [2.45, 2.75) is 19.3 Å². The summed E-state index contributed by atoms with van der Waals surface area (Å²) in [6.07, 6.45) is 3.66. The van der Waals surface area contributed by atoms with Gasteiger partial charge in [-0.25, -0.2) is 0 Å². The van der Waals surface area contributed by atoms with E-state index in [4.69, 9.17) is 4.42 Å². The lowest BCUT2D eigenvalue weighted by atomic mass is 10.1. The van der Waals surface area contributed by atoms with Crippen LogP contribution in [0.3, 0.4) is 0 Å². The highest BCUT2D eigenvalue weighted by Crippen LogP contribution is 2.21. The third-order valence-corrected chi connectivity index (χ3v) is 5.19. The molecule has 0 saturated carbocycles. The molecule has 0 spiro atoms. The number of carbonyl (C=O) groups excluding carboxylic acids is 1. The van der Waals surface area contributed by atoms with Crippen LogP contribution in [-0.4, -0.2) is 65.2 Å². The third kappa shape index (κ3) is 3.75. The van der Waals surface area contributed by atoms with E-state index in [0.717, 1.165) is 24.7 Å². The molecule has 0 radical (unpaired) electrons. The van der Waals surface area contributed by atoms with E-state index in [0.29, 0.717) is 26.2 Å². The van der Waals surface area contributed by atoms with Gasteiger partial charge in [0.15, 0.2) is 17.4 Å². The van der Waals surface area contributed by atoms with E-state index in [1.165, 1.54) is 31.4 Å². The standard InChI is InChI=1S/C18H22N6O4/c25-18(14-4-7-17(28-14)24(26)27)23-12-10-22(11-13-23)16-6-5-15(19-20-16)21-8-2-1-3-9-21/h4-7H,1-3,8-13H2. The molecule has 2 aromatic rings. The van der Waals surface area contributed by atoms with E-state index < -0.39 is 10.8 Å². The van der Waals surface area contributed by atoms with Crippen molar-refractivity contribution >= 4 is 23.4 Å². The normalized spacial score (nSPS) is 17.6. The number of hydrogen-bond acceptors (Lipinski definition) is 8. The predicted molar refractivity (Wildman–Crippen MR) is 102 cm³/mol. The Hall–Kier alpha value is -3.17. The second-order valence-corrected chi connectivity index (χ2v) is 6.97. The summed E-state index contributed by atoms with van der Waals surface area (Å²) in [5.74, 6) is 0.939. The summed E-state index contributed by atoms with van der Waals surface area (Å²) in [7, 11) is 0. The molecular formula is C18H22N6O4. The second kappa shape index (κ2) is 7.83. The number of rotatable bonds is 4. The highest BCUT2D eigenvalue weighted by Gasteiger charge is 2.26. The lowest BCUT2D eigenvalue weighted by molar-refractivity contribution is -0.402. The Kier molecular flexibility index (Phi) is 5.09. The van der Waals surface area contributed by atoms with E-state index in [9.17, 15) is 14.9 Å². The lowest BCUT2D eigenvalue weighted by Gasteiger charge is -2.35. The fraction of sp³-hybridized carbons (Fsp3) is 0.500. The first kappa shape index (κ1) is 18.2. The average Bonchev–Trinajstić information content (AvgIpc) is 3.25. The van der Waals surface area contributed by atoms with Crippen molar-refractivity contribution in [3.05, 3.63) is 40.1 Å². The van der Waals surface area contributed by atoms with Gasteiger partial charge in [-0.3, -0.25) is 14.9 Å². The van der Waals surface area contributed by atoms with Crippen LogP contribution in [0.15, 0.2) is 28.7 Å². The molecule has 4 heterocycles. The molecule has 4 rings (SSSR count). The van der Waals surface area contributed by atoms with Crippen molar-refractivity contribution in [3.63, 3.8) is 0 Å². The number of aromatic nitrogens is 2. The molecule has 10 nitrogen and oxygen atoms in total. The van der Waals surface area contributed by atoms with Crippen LogP contribution in [0.1, 0.15) is 29.8 Å². The molecule has 2 aliphatic rings. The molecule has 0 N–H and O–H groups in total. The minimum atomic E-state index is -0.652. The number of nitrogens with zero attached hydrogens (tertiary/aromatic N) is 6. The van der Waals surface area contributed by atoms with Crippen LogP contribution in [-0.2, 0) is 0 Å². The first-order valence-electron chi connectivity index (χ1n) is 9.49. The van der Waals surface area contributed by atoms with E-state index >= 15 is 0 Å². The smallest absolute Gasteiger partial charge is 0.395 e. The molecule has 28 heavy (non-hydrogen) atoms. The fourth-order valence-electron chi connectivity index (χ4n) is 3.61. The Balaban J connectivity index is 1.34. The molecule has 148 valence electrons. The maximum Gasteiger partial charge on any atom is 0.433 e. The first-order chi connectivity index (χ1) is 13.6. The third-order valence-electron chi connectivity index (χ3n) is 5.19. The van der Waals surface area contributed by atoms with Gasteiger partial charge in [0.25, 0.3) is 5.91 Å². The maximum absolute atomic E-state index is 12.5. The van der Waals surface area contributed by atoms with Gasteiger partial charge >= 0.3 is 5.88 Å². The van der Waals surface area contributed by atoms with Crippen molar-refractivity contribution < 1.29 is 14.1 Å². The summed E-state index contributed by atoms with van der Waals surface area (Å²) in [6, 6.07) is 6.53. The van der Waals surface area contributed by atoms with Crippen LogP contribution in [0.2, 0.25) is 0 Å². The van der Waals surface area contributed by atoms with Gasteiger partial charge in [-0.15, -0.1) is 10.2 Å². The minimum absolute atomic E-state index is 0.00849. The molecule has 2 fully saturated rings. The maximum atomic E-state index is 12.5. The Morgan fingerprint density at radius 2 is 1.50 bits per heavy atom. The van der Waals surface area contributed by atoms with E-state index in [-0.39, 0.29) is 11.7 Å². The zero-order valence-electron chi connectivity index (χ0n) is 15.5.